The number of nitrogens with one attached hydrogen (secondary N) is 2. The molecule has 0 bridgehead atoms. The minimum Gasteiger partial charge on any atom is -0.490 e. The van der Waals surface area contributed by atoms with E-state index in [1.807, 2.05) is 0 Å². The van der Waals surface area contributed by atoms with E-state index in [2.05, 4.69) is 34.6 Å². The molecule has 9 heteroatoms. The predicted octanol–water partition coefficient (Wildman–Crippen LogP) is 3.31. The van der Waals surface area contributed by atoms with E-state index in [4.69, 9.17) is 9.47 Å². The molecule has 160 valence electrons. The van der Waals surface area contributed by atoms with Crippen molar-refractivity contribution in [1.29, 1.82) is 0 Å². The van der Waals surface area contributed by atoms with E-state index < -0.39 is 6.61 Å². The summed E-state index contributed by atoms with van der Waals surface area (Å²) in [7, 11) is 5.84. The molecule has 0 aromatic heterocycles. The monoisotopic (exact) mass is 512 g/mol. The van der Waals surface area contributed by atoms with Crippen molar-refractivity contribution in [3.63, 3.8) is 0 Å². The fourth-order valence-electron chi connectivity index (χ4n) is 3.05. The Hall–Kier alpha value is -1.36. The van der Waals surface area contributed by atoms with Crippen LogP contribution in [0.4, 0.5) is 8.78 Å². The van der Waals surface area contributed by atoms with Gasteiger partial charge in [-0.3, -0.25) is 4.99 Å². The Morgan fingerprint density at radius 2 is 2.00 bits per heavy atom. The highest BCUT2D eigenvalue weighted by atomic mass is 127. The van der Waals surface area contributed by atoms with Gasteiger partial charge < -0.3 is 25.0 Å². The molecule has 0 radical (unpaired) electrons. The van der Waals surface area contributed by atoms with Crippen LogP contribution in [0.3, 0.4) is 0 Å². The number of alkyl halides is 2. The lowest BCUT2D eigenvalue weighted by Crippen LogP contribution is -2.45. The number of guanidine groups is 1. The van der Waals surface area contributed by atoms with Gasteiger partial charge in [0.05, 0.1) is 6.61 Å². The molecule has 1 saturated carbocycles. The third-order valence-corrected chi connectivity index (χ3v) is 4.55. The Morgan fingerprint density at radius 1 is 1.29 bits per heavy atom. The van der Waals surface area contributed by atoms with E-state index in [0.717, 1.165) is 12.5 Å². The van der Waals surface area contributed by atoms with Crippen LogP contribution in [0.5, 0.6) is 11.5 Å². The first-order valence-corrected chi connectivity index (χ1v) is 9.26. The van der Waals surface area contributed by atoms with Gasteiger partial charge in [0.2, 0.25) is 0 Å². The second kappa shape index (κ2) is 12.3. The summed E-state index contributed by atoms with van der Waals surface area (Å²) in [4.78, 5) is 6.44. The van der Waals surface area contributed by atoms with Crippen LogP contribution in [0.1, 0.15) is 25.3 Å². The number of rotatable bonds is 10. The van der Waals surface area contributed by atoms with Crippen LogP contribution < -0.4 is 20.1 Å². The lowest BCUT2D eigenvalue weighted by molar-refractivity contribution is -0.0520. The van der Waals surface area contributed by atoms with Crippen molar-refractivity contribution in [2.45, 2.75) is 39.0 Å². The molecule has 2 N–H and O–H groups in total. The van der Waals surface area contributed by atoms with Gasteiger partial charge in [-0.05, 0) is 45.8 Å². The summed E-state index contributed by atoms with van der Waals surface area (Å²) >= 11 is 0. The highest BCUT2D eigenvalue weighted by Crippen LogP contribution is 2.34. The van der Waals surface area contributed by atoms with Gasteiger partial charge in [-0.2, -0.15) is 8.78 Å². The Morgan fingerprint density at radius 3 is 2.54 bits per heavy atom. The Labute approximate surface area is 183 Å². The van der Waals surface area contributed by atoms with Crippen molar-refractivity contribution < 1.29 is 18.3 Å². The SMILES string of the molecule is CCOc1cccc(CNC(=NC)NCC(C2CC2)N(C)C)c1OC(F)F.I. The molecule has 1 aliphatic carbocycles. The lowest BCUT2D eigenvalue weighted by atomic mass is 10.1. The van der Waals surface area contributed by atoms with Gasteiger partial charge in [-0.1, -0.05) is 12.1 Å². The predicted molar refractivity (Wildman–Crippen MR) is 118 cm³/mol. The van der Waals surface area contributed by atoms with Gasteiger partial charge in [0.25, 0.3) is 0 Å². The topological polar surface area (TPSA) is 58.1 Å². The van der Waals surface area contributed by atoms with Gasteiger partial charge in [-0.15, -0.1) is 24.0 Å². The Balaban J connectivity index is 0.00000392. The van der Waals surface area contributed by atoms with Gasteiger partial charge in [0, 0.05) is 31.7 Å². The van der Waals surface area contributed by atoms with E-state index >= 15 is 0 Å². The molecule has 0 saturated heterocycles. The maximum absolute atomic E-state index is 12.8. The number of hydrogen-bond donors (Lipinski definition) is 2. The van der Waals surface area contributed by atoms with Crippen LogP contribution >= 0.6 is 24.0 Å². The average Bonchev–Trinajstić information content (AvgIpc) is 3.44. The first-order chi connectivity index (χ1) is 13.0. The second-order valence-electron chi connectivity index (χ2n) is 6.73. The molecule has 1 unspecified atom stereocenters. The number of para-hydroxylation sites is 1. The summed E-state index contributed by atoms with van der Waals surface area (Å²) in [5.74, 6) is 1.70. The zero-order valence-corrected chi connectivity index (χ0v) is 19.2. The molecule has 6 nitrogen and oxygen atoms in total. The van der Waals surface area contributed by atoms with Crippen molar-refractivity contribution in [3.8, 4) is 11.5 Å². The van der Waals surface area contributed by atoms with Crippen LogP contribution in [0.15, 0.2) is 23.2 Å². The fourth-order valence-corrected chi connectivity index (χ4v) is 3.05. The molecule has 28 heavy (non-hydrogen) atoms. The number of aliphatic imine (C=N–C) groups is 1. The maximum Gasteiger partial charge on any atom is 0.387 e. The van der Waals surface area contributed by atoms with Crippen molar-refractivity contribution >= 4 is 29.9 Å². The van der Waals surface area contributed by atoms with Crippen molar-refractivity contribution in [2.75, 3.05) is 34.3 Å². The highest BCUT2D eigenvalue weighted by molar-refractivity contribution is 14.0. The van der Waals surface area contributed by atoms with E-state index in [1.54, 1.807) is 32.2 Å². The smallest absolute Gasteiger partial charge is 0.387 e. The standard InChI is InChI=1S/C19H30F2N4O2.HI/c1-5-26-16-8-6-7-14(17(16)27-18(20)21)11-23-19(22-2)24-12-15(25(3)4)13-9-10-13;/h6-8,13,15,18H,5,9-12H2,1-4H3,(H2,22,23,24);1H. The van der Waals surface area contributed by atoms with Crippen LogP contribution in [-0.2, 0) is 6.54 Å². The molecule has 1 aromatic carbocycles. The normalized spacial score (nSPS) is 15.2. The largest absolute Gasteiger partial charge is 0.490 e. The molecular weight excluding hydrogens is 481 g/mol. The highest BCUT2D eigenvalue weighted by Gasteiger charge is 2.32. The molecule has 0 spiro atoms. The number of hydrogen-bond acceptors (Lipinski definition) is 4. The number of halogens is 3. The third kappa shape index (κ3) is 7.57. The summed E-state index contributed by atoms with van der Waals surface area (Å²) < 4.78 is 35.7. The van der Waals surface area contributed by atoms with E-state index in [1.165, 1.54) is 12.8 Å². The van der Waals surface area contributed by atoms with Crippen molar-refractivity contribution in [1.82, 2.24) is 15.5 Å². The number of ether oxygens (including phenoxy) is 2. The molecule has 0 aliphatic heterocycles. The molecule has 1 atom stereocenters. The minimum atomic E-state index is -2.91. The molecular formula is C19H31F2IN4O2. The minimum absolute atomic E-state index is 0. The van der Waals surface area contributed by atoms with Crippen molar-refractivity contribution in [2.24, 2.45) is 10.9 Å². The fraction of sp³-hybridized carbons (Fsp3) is 0.632. The first kappa shape index (κ1) is 24.7. The Bertz CT molecular complexity index is 626. The van der Waals surface area contributed by atoms with Crippen molar-refractivity contribution in [3.05, 3.63) is 23.8 Å². The molecule has 0 heterocycles. The molecule has 2 rings (SSSR count). The zero-order valence-electron chi connectivity index (χ0n) is 16.9. The molecule has 1 fully saturated rings. The van der Waals surface area contributed by atoms with Crippen LogP contribution in [0.2, 0.25) is 0 Å². The molecule has 1 aromatic rings. The van der Waals surface area contributed by atoms with E-state index in [0.29, 0.717) is 36.5 Å². The zero-order chi connectivity index (χ0) is 19.8. The number of likely N-dealkylation sites (N-methyl/N-ethyl adjacent to an activating group) is 1. The quantitative estimate of drug-likeness (QED) is 0.286. The van der Waals surface area contributed by atoms with Crippen LogP contribution in [0, 0.1) is 5.92 Å². The summed E-state index contributed by atoms with van der Waals surface area (Å²) in [6.45, 7) is 0.314. The second-order valence-corrected chi connectivity index (χ2v) is 6.73. The van der Waals surface area contributed by atoms with E-state index in [9.17, 15) is 8.78 Å². The maximum atomic E-state index is 12.8. The molecule has 1 aliphatic rings. The van der Waals surface area contributed by atoms with Gasteiger partial charge in [0.15, 0.2) is 17.5 Å². The Kier molecular flexibility index (Phi) is 10.8. The number of nitrogens with zero attached hydrogens (tertiary/aromatic N) is 2. The summed E-state index contributed by atoms with van der Waals surface area (Å²) in [6.07, 6.45) is 2.52. The lowest BCUT2D eigenvalue weighted by Gasteiger charge is -2.25. The first-order valence-electron chi connectivity index (χ1n) is 9.26. The summed E-state index contributed by atoms with van der Waals surface area (Å²) in [6, 6.07) is 5.55. The van der Waals surface area contributed by atoms with Gasteiger partial charge in [0.1, 0.15) is 0 Å². The molecule has 0 amide bonds. The van der Waals surface area contributed by atoms with E-state index in [-0.39, 0.29) is 29.7 Å². The average molecular weight is 512 g/mol. The van der Waals surface area contributed by atoms with Crippen LogP contribution in [-0.4, -0.2) is 57.8 Å². The summed E-state index contributed by atoms with van der Waals surface area (Å²) in [5, 5.41) is 6.48. The third-order valence-electron chi connectivity index (χ3n) is 4.55. The summed E-state index contributed by atoms with van der Waals surface area (Å²) in [5.41, 5.74) is 0.579. The van der Waals surface area contributed by atoms with Gasteiger partial charge in [-0.25, -0.2) is 0 Å². The number of benzene rings is 1. The van der Waals surface area contributed by atoms with Crippen LogP contribution in [0.25, 0.3) is 0 Å². The van der Waals surface area contributed by atoms with Gasteiger partial charge >= 0.3 is 6.61 Å².